The summed E-state index contributed by atoms with van der Waals surface area (Å²) in [6.45, 7) is 6.44. The Balaban J connectivity index is 2.09. The standard InChI is InChI=1S/C18H25N3/c1-4-5-7-10-14(2)19-18-20-15(3)13-17(21-18)16-11-8-6-9-12-16/h6,8-9,11-14H,4-5,7,10H2,1-3H3,(H,19,20,21). The molecule has 0 radical (unpaired) electrons. The molecule has 0 bridgehead atoms. The number of aryl methyl sites for hydroxylation is 1. The number of anilines is 1. The Morgan fingerprint density at radius 1 is 1.10 bits per heavy atom. The molecule has 1 atom stereocenters. The van der Waals surface area contributed by atoms with E-state index in [1.165, 1.54) is 19.3 Å². The Hall–Kier alpha value is -1.90. The van der Waals surface area contributed by atoms with Gasteiger partial charge in [0.2, 0.25) is 5.95 Å². The monoisotopic (exact) mass is 283 g/mol. The van der Waals surface area contributed by atoms with Gasteiger partial charge in [0.05, 0.1) is 5.69 Å². The van der Waals surface area contributed by atoms with Crippen LogP contribution < -0.4 is 5.32 Å². The molecule has 2 rings (SSSR count). The van der Waals surface area contributed by atoms with Crippen molar-refractivity contribution in [2.75, 3.05) is 5.32 Å². The van der Waals surface area contributed by atoms with Gasteiger partial charge in [-0.25, -0.2) is 9.97 Å². The minimum atomic E-state index is 0.405. The van der Waals surface area contributed by atoms with Crippen molar-refractivity contribution in [2.24, 2.45) is 0 Å². The molecular weight excluding hydrogens is 258 g/mol. The van der Waals surface area contributed by atoms with Crippen molar-refractivity contribution in [2.45, 2.75) is 52.5 Å². The fourth-order valence-corrected chi connectivity index (χ4v) is 2.38. The topological polar surface area (TPSA) is 37.8 Å². The van der Waals surface area contributed by atoms with Crippen LogP contribution in [0.2, 0.25) is 0 Å². The largest absolute Gasteiger partial charge is 0.352 e. The predicted octanol–water partition coefficient (Wildman–Crippen LogP) is 4.83. The molecule has 0 saturated heterocycles. The quantitative estimate of drug-likeness (QED) is 0.739. The molecule has 0 aliphatic rings. The molecule has 1 N–H and O–H groups in total. The molecule has 1 heterocycles. The van der Waals surface area contributed by atoms with E-state index in [1.54, 1.807) is 0 Å². The number of nitrogens with zero attached hydrogens (tertiary/aromatic N) is 2. The van der Waals surface area contributed by atoms with Crippen molar-refractivity contribution in [3.63, 3.8) is 0 Å². The van der Waals surface area contributed by atoms with Gasteiger partial charge in [-0.05, 0) is 26.3 Å². The van der Waals surface area contributed by atoms with Crippen molar-refractivity contribution >= 4 is 5.95 Å². The zero-order valence-electron chi connectivity index (χ0n) is 13.3. The molecule has 21 heavy (non-hydrogen) atoms. The van der Waals surface area contributed by atoms with Crippen molar-refractivity contribution in [3.05, 3.63) is 42.1 Å². The summed E-state index contributed by atoms with van der Waals surface area (Å²) in [5.41, 5.74) is 3.10. The van der Waals surface area contributed by atoms with E-state index in [0.717, 1.165) is 29.3 Å². The number of aromatic nitrogens is 2. The highest BCUT2D eigenvalue weighted by atomic mass is 15.1. The molecule has 3 nitrogen and oxygen atoms in total. The van der Waals surface area contributed by atoms with Crippen molar-refractivity contribution < 1.29 is 0 Å². The third-order valence-electron chi connectivity index (χ3n) is 3.54. The second kappa shape index (κ2) is 7.77. The maximum Gasteiger partial charge on any atom is 0.223 e. The van der Waals surface area contributed by atoms with Gasteiger partial charge in [-0.1, -0.05) is 56.5 Å². The first-order chi connectivity index (χ1) is 10.2. The maximum absolute atomic E-state index is 4.65. The van der Waals surface area contributed by atoms with Gasteiger partial charge in [0, 0.05) is 17.3 Å². The first kappa shape index (κ1) is 15.5. The first-order valence-corrected chi connectivity index (χ1v) is 7.86. The van der Waals surface area contributed by atoms with Crippen LogP contribution in [0.15, 0.2) is 36.4 Å². The van der Waals surface area contributed by atoms with Crippen LogP contribution in [0.25, 0.3) is 11.3 Å². The summed E-state index contributed by atoms with van der Waals surface area (Å²) in [6, 6.07) is 12.7. The van der Waals surface area contributed by atoms with E-state index in [2.05, 4.69) is 41.3 Å². The molecule has 0 spiro atoms. The highest BCUT2D eigenvalue weighted by molar-refractivity contribution is 5.60. The lowest BCUT2D eigenvalue weighted by Crippen LogP contribution is -2.17. The van der Waals surface area contributed by atoms with Crippen molar-refractivity contribution in [1.29, 1.82) is 0 Å². The van der Waals surface area contributed by atoms with Gasteiger partial charge in [0.15, 0.2) is 0 Å². The molecule has 3 heteroatoms. The van der Waals surface area contributed by atoms with Crippen LogP contribution in [-0.2, 0) is 0 Å². The molecule has 0 aliphatic carbocycles. The maximum atomic E-state index is 4.65. The average Bonchev–Trinajstić information content (AvgIpc) is 2.48. The van der Waals surface area contributed by atoms with E-state index < -0.39 is 0 Å². The van der Waals surface area contributed by atoms with Crippen LogP contribution in [-0.4, -0.2) is 16.0 Å². The Kier molecular flexibility index (Phi) is 5.73. The van der Waals surface area contributed by atoms with Gasteiger partial charge in [0.25, 0.3) is 0 Å². The third kappa shape index (κ3) is 4.85. The minimum Gasteiger partial charge on any atom is -0.352 e. The number of rotatable bonds is 7. The number of hydrogen-bond acceptors (Lipinski definition) is 3. The van der Waals surface area contributed by atoms with E-state index in [9.17, 15) is 0 Å². The summed E-state index contributed by atoms with van der Waals surface area (Å²) in [5.74, 6) is 0.734. The Labute approximate surface area is 127 Å². The average molecular weight is 283 g/mol. The van der Waals surface area contributed by atoms with Crippen LogP contribution >= 0.6 is 0 Å². The molecule has 1 aromatic heterocycles. The molecule has 0 fully saturated rings. The van der Waals surface area contributed by atoms with E-state index >= 15 is 0 Å². The summed E-state index contributed by atoms with van der Waals surface area (Å²) in [5, 5.41) is 3.43. The fourth-order valence-electron chi connectivity index (χ4n) is 2.38. The van der Waals surface area contributed by atoms with Gasteiger partial charge in [-0.15, -0.1) is 0 Å². The van der Waals surface area contributed by atoms with Gasteiger partial charge in [0.1, 0.15) is 0 Å². The molecule has 112 valence electrons. The van der Waals surface area contributed by atoms with Crippen molar-refractivity contribution in [1.82, 2.24) is 9.97 Å². The Morgan fingerprint density at radius 3 is 2.57 bits per heavy atom. The molecule has 1 aromatic carbocycles. The highest BCUT2D eigenvalue weighted by Crippen LogP contribution is 2.19. The zero-order valence-corrected chi connectivity index (χ0v) is 13.3. The van der Waals surface area contributed by atoms with Crippen molar-refractivity contribution in [3.8, 4) is 11.3 Å². The first-order valence-electron chi connectivity index (χ1n) is 7.86. The smallest absolute Gasteiger partial charge is 0.223 e. The van der Waals surface area contributed by atoms with Gasteiger partial charge < -0.3 is 5.32 Å². The Bertz CT molecular complexity index is 552. The molecule has 2 aromatic rings. The molecule has 0 saturated carbocycles. The number of benzene rings is 1. The number of nitrogens with one attached hydrogen (secondary N) is 1. The minimum absolute atomic E-state index is 0.405. The lowest BCUT2D eigenvalue weighted by Gasteiger charge is -2.14. The summed E-state index contributed by atoms with van der Waals surface area (Å²) in [4.78, 5) is 9.16. The highest BCUT2D eigenvalue weighted by Gasteiger charge is 2.07. The normalized spacial score (nSPS) is 12.1. The van der Waals surface area contributed by atoms with Crippen LogP contribution in [0.3, 0.4) is 0 Å². The van der Waals surface area contributed by atoms with E-state index in [0.29, 0.717) is 6.04 Å². The van der Waals surface area contributed by atoms with Crippen LogP contribution in [0.4, 0.5) is 5.95 Å². The molecular formula is C18H25N3. The molecule has 1 unspecified atom stereocenters. The Morgan fingerprint density at radius 2 is 1.86 bits per heavy atom. The number of hydrogen-bond donors (Lipinski definition) is 1. The lowest BCUT2D eigenvalue weighted by molar-refractivity contribution is 0.612. The second-order valence-electron chi connectivity index (χ2n) is 5.63. The van der Waals surface area contributed by atoms with Gasteiger partial charge >= 0.3 is 0 Å². The summed E-state index contributed by atoms with van der Waals surface area (Å²) in [6.07, 6.45) is 4.95. The fraction of sp³-hybridized carbons (Fsp3) is 0.444. The van der Waals surface area contributed by atoms with Crippen LogP contribution in [0, 0.1) is 6.92 Å². The second-order valence-corrected chi connectivity index (χ2v) is 5.63. The summed E-state index contributed by atoms with van der Waals surface area (Å²) >= 11 is 0. The predicted molar refractivity (Wildman–Crippen MR) is 89.4 cm³/mol. The van der Waals surface area contributed by atoms with E-state index in [4.69, 9.17) is 0 Å². The van der Waals surface area contributed by atoms with E-state index in [-0.39, 0.29) is 0 Å². The van der Waals surface area contributed by atoms with E-state index in [1.807, 2.05) is 31.2 Å². The van der Waals surface area contributed by atoms with Crippen LogP contribution in [0.1, 0.15) is 45.2 Å². The third-order valence-corrected chi connectivity index (χ3v) is 3.54. The molecule has 0 amide bonds. The summed E-state index contributed by atoms with van der Waals surface area (Å²) in [7, 11) is 0. The molecule has 0 aliphatic heterocycles. The van der Waals surface area contributed by atoms with Gasteiger partial charge in [-0.2, -0.15) is 0 Å². The van der Waals surface area contributed by atoms with Gasteiger partial charge in [-0.3, -0.25) is 0 Å². The van der Waals surface area contributed by atoms with Crippen LogP contribution in [0.5, 0.6) is 0 Å². The number of unbranched alkanes of at least 4 members (excludes halogenated alkanes) is 2. The lowest BCUT2D eigenvalue weighted by atomic mass is 10.1. The zero-order chi connectivity index (χ0) is 15.1. The SMILES string of the molecule is CCCCCC(C)Nc1nc(C)cc(-c2ccccc2)n1. The summed E-state index contributed by atoms with van der Waals surface area (Å²) < 4.78 is 0.